The minimum atomic E-state index is -2.27. The van der Waals surface area contributed by atoms with Gasteiger partial charge in [0.15, 0.2) is 12.2 Å². The summed E-state index contributed by atoms with van der Waals surface area (Å²) in [5.74, 6) is -3.95. The van der Waals surface area contributed by atoms with Gasteiger partial charge in [-0.2, -0.15) is 0 Å². The number of aliphatic carboxylic acids is 2. The molecule has 0 aliphatic rings. The summed E-state index contributed by atoms with van der Waals surface area (Å²) in [7, 11) is 0. The first-order valence-corrected chi connectivity index (χ1v) is 9.52. The number of benzene rings is 1. The lowest BCUT2D eigenvalue weighted by Gasteiger charge is -2.16. The molecule has 0 saturated carbocycles. The number of nitrogens with two attached hydrogens (primary N) is 1. The molecule has 29 heavy (non-hydrogen) atoms. The van der Waals surface area contributed by atoms with Crippen molar-refractivity contribution in [1.29, 1.82) is 0 Å². The predicted molar refractivity (Wildman–Crippen MR) is 107 cm³/mol. The summed E-state index contributed by atoms with van der Waals surface area (Å²) < 4.78 is 0. The molecule has 0 fully saturated rings. The van der Waals surface area contributed by atoms with Gasteiger partial charge in [0, 0.05) is 16.4 Å². The molecule has 1 heterocycles. The smallest absolute Gasteiger partial charge is 0.335 e. The Kier molecular flexibility index (Phi) is 10.3. The molecule has 0 aliphatic carbocycles. The number of carbonyl (C=O) groups is 3. The molecule has 11 heteroatoms. The molecule has 0 radical (unpaired) electrons. The molecule has 9 nitrogen and oxygen atoms in total. The number of carbonyl (C=O) groups excluding carboxylic acids is 1. The molecule has 1 aromatic carbocycles. The maximum absolute atomic E-state index is 11.5. The maximum Gasteiger partial charge on any atom is 0.335 e. The van der Waals surface area contributed by atoms with E-state index in [2.05, 4.69) is 11.4 Å². The van der Waals surface area contributed by atoms with Crippen LogP contribution in [-0.4, -0.2) is 57.0 Å². The molecule has 1 amide bonds. The fourth-order valence-corrected chi connectivity index (χ4v) is 3.09. The van der Waals surface area contributed by atoms with E-state index in [1.165, 1.54) is 4.88 Å². The second-order valence-corrected chi connectivity index (χ2v) is 7.15. The maximum atomic E-state index is 11.5. The van der Waals surface area contributed by atoms with Gasteiger partial charge >= 0.3 is 11.9 Å². The zero-order valence-electron chi connectivity index (χ0n) is 15.1. The molecule has 7 N–H and O–H groups in total. The van der Waals surface area contributed by atoms with Crippen molar-refractivity contribution in [2.75, 3.05) is 6.54 Å². The van der Waals surface area contributed by atoms with Gasteiger partial charge < -0.3 is 31.5 Å². The number of thiophene rings is 1. The van der Waals surface area contributed by atoms with Gasteiger partial charge in [-0.15, -0.1) is 11.3 Å². The highest BCUT2D eigenvalue weighted by Gasteiger charge is 2.29. The molecule has 3 atom stereocenters. The number of rotatable bonds is 9. The number of aliphatic hydroxyl groups excluding tert-OH is 2. The van der Waals surface area contributed by atoms with Gasteiger partial charge in [-0.3, -0.25) is 4.79 Å². The molecule has 1 aromatic heterocycles. The average molecular weight is 445 g/mol. The third kappa shape index (κ3) is 8.18. The van der Waals surface area contributed by atoms with E-state index in [1.54, 1.807) is 17.4 Å². The zero-order chi connectivity index (χ0) is 22.0. The molecule has 0 aliphatic heterocycles. The van der Waals surface area contributed by atoms with Crippen molar-refractivity contribution in [2.24, 2.45) is 5.73 Å². The fourth-order valence-electron chi connectivity index (χ4n) is 2.14. The zero-order valence-corrected chi connectivity index (χ0v) is 16.6. The third-order valence-electron chi connectivity index (χ3n) is 3.61. The van der Waals surface area contributed by atoms with E-state index in [-0.39, 0.29) is 0 Å². The molecule has 0 saturated heterocycles. The predicted octanol–water partition coefficient (Wildman–Crippen LogP) is 0.638. The number of nitrogens with one attached hydrogen (secondary N) is 1. The highest BCUT2D eigenvalue weighted by atomic mass is 35.5. The Balaban J connectivity index is 0.000000359. The SMILES string of the molecule is NC(=O)[C@H](NCCc1cccs1)c1ccccc1Cl.O=C(O)[C@H](O)[C@@H](O)C(=O)O. The number of carboxylic acid groups (broad SMARTS) is 2. The number of primary amides is 1. The number of aliphatic hydroxyl groups is 2. The Morgan fingerprint density at radius 1 is 1.03 bits per heavy atom. The van der Waals surface area contributed by atoms with Crippen LogP contribution in [0.2, 0.25) is 5.02 Å². The summed E-state index contributed by atoms with van der Waals surface area (Å²) in [6.45, 7) is 0.680. The second kappa shape index (κ2) is 12.1. The summed E-state index contributed by atoms with van der Waals surface area (Å²) in [6, 6.07) is 10.8. The topological polar surface area (TPSA) is 170 Å². The van der Waals surface area contributed by atoms with Crippen LogP contribution in [0.3, 0.4) is 0 Å². The van der Waals surface area contributed by atoms with Gasteiger partial charge in [0.05, 0.1) is 0 Å². The quantitative estimate of drug-likeness (QED) is 0.327. The molecule has 0 bridgehead atoms. The molecule has 158 valence electrons. The lowest BCUT2D eigenvalue weighted by molar-refractivity contribution is -0.165. The van der Waals surface area contributed by atoms with Crippen molar-refractivity contribution < 1.29 is 34.8 Å². The normalized spacial score (nSPS) is 13.5. The Bertz CT molecular complexity index is 798. The number of amides is 1. The number of halogens is 1. The summed E-state index contributed by atoms with van der Waals surface area (Å²) in [5.41, 5.74) is 6.16. The summed E-state index contributed by atoms with van der Waals surface area (Å²) in [6.07, 6.45) is -3.67. The van der Waals surface area contributed by atoms with E-state index >= 15 is 0 Å². The van der Waals surface area contributed by atoms with Gasteiger partial charge in [0.1, 0.15) is 6.04 Å². The average Bonchev–Trinajstić information content (AvgIpc) is 3.18. The van der Waals surface area contributed by atoms with Crippen LogP contribution in [-0.2, 0) is 20.8 Å². The van der Waals surface area contributed by atoms with Crippen LogP contribution in [0.1, 0.15) is 16.5 Å². The number of hydrogen-bond acceptors (Lipinski definition) is 7. The van der Waals surface area contributed by atoms with Crippen molar-refractivity contribution in [3.63, 3.8) is 0 Å². The lowest BCUT2D eigenvalue weighted by Crippen LogP contribution is -2.39. The first-order valence-electron chi connectivity index (χ1n) is 8.26. The van der Waals surface area contributed by atoms with Crippen LogP contribution >= 0.6 is 22.9 Å². The highest BCUT2D eigenvalue weighted by Crippen LogP contribution is 2.22. The van der Waals surface area contributed by atoms with E-state index in [1.807, 2.05) is 29.6 Å². The van der Waals surface area contributed by atoms with E-state index in [9.17, 15) is 14.4 Å². The summed E-state index contributed by atoms with van der Waals surface area (Å²) in [4.78, 5) is 32.4. The van der Waals surface area contributed by atoms with Gasteiger partial charge in [0.25, 0.3) is 0 Å². The second-order valence-electron chi connectivity index (χ2n) is 5.71. The van der Waals surface area contributed by atoms with Gasteiger partial charge in [-0.25, -0.2) is 9.59 Å². The van der Waals surface area contributed by atoms with Crippen LogP contribution in [0.5, 0.6) is 0 Å². The highest BCUT2D eigenvalue weighted by molar-refractivity contribution is 7.09. The third-order valence-corrected chi connectivity index (χ3v) is 4.89. The van der Waals surface area contributed by atoms with Crippen molar-refractivity contribution in [2.45, 2.75) is 24.7 Å². The van der Waals surface area contributed by atoms with Gasteiger partial charge in [-0.05, 0) is 29.5 Å². The minimum absolute atomic E-state index is 0.417. The van der Waals surface area contributed by atoms with Crippen LogP contribution < -0.4 is 11.1 Å². The van der Waals surface area contributed by atoms with Crippen LogP contribution in [0.4, 0.5) is 0 Å². The monoisotopic (exact) mass is 444 g/mol. The molecule has 2 aromatic rings. The van der Waals surface area contributed by atoms with Crippen LogP contribution in [0.25, 0.3) is 0 Å². The fraction of sp³-hybridized carbons (Fsp3) is 0.278. The van der Waals surface area contributed by atoms with E-state index in [0.29, 0.717) is 11.6 Å². The molecule has 2 rings (SSSR count). The Morgan fingerprint density at radius 2 is 1.62 bits per heavy atom. The Labute approximate surface area is 175 Å². The van der Waals surface area contributed by atoms with E-state index in [4.69, 9.17) is 37.8 Å². The van der Waals surface area contributed by atoms with Crippen molar-refractivity contribution in [3.05, 3.63) is 57.2 Å². The largest absolute Gasteiger partial charge is 0.479 e. The van der Waals surface area contributed by atoms with E-state index < -0.39 is 36.1 Å². The number of hydrogen-bond donors (Lipinski definition) is 6. The summed E-state index contributed by atoms with van der Waals surface area (Å²) >= 11 is 7.80. The number of carboxylic acids is 2. The van der Waals surface area contributed by atoms with Crippen molar-refractivity contribution in [1.82, 2.24) is 5.32 Å². The van der Waals surface area contributed by atoms with Crippen LogP contribution in [0.15, 0.2) is 41.8 Å². The lowest BCUT2D eigenvalue weighted by atomic mass is 10.1. The summed E-state index contributed by atoms with van der Waals surface area (Å²) in [5, 5.41) is 38.3. The molecular weight excluding hydrogens is 424 g/mol. The molecular formula is C18H21ClN2O7S. The standard InChI is InChI=1S/C14H15ClN2OS.C4H6O6/c15-12-6-2-1-5-11(12)13(14(16)18)17-8-7-10-4-3-9-19-10;5-1(3(7)8)2(6)4(9)10/h1-6,9,13,17H,7-8H2,(H2,16,18);1-2,5-6H,(H,7,8)(H,9,10)/t13-;1-,2-/m11/s1. The van der Waals surface area contributed by atoms with Gasteiger partial charge in [0.2, 0.25) is 5.91 Å². The first-order chi connectivity index (χ1) is 13.6. The van der Waals surface area contributed by atoms with Crippen LogP contribution in [0, 0.1) is 0 Å². The van der Waals surface area contributed by atoms with E-state index in [0.717, 1.165) is 12.0 Å². The van der Waals surface area contributed by atoms with Gasteiger partial charge in [-0.1, -0.05) is 35.9 Å². The van der Waals surface area contributed by atoms with Crippen molar-refractivity contribution >= 4 is 40.8 Å². The Morgan fingerprint density at radius 3 is 2.07 bits per heavy atom. The minimum Gasteiger partial charge on any atom is -0.479 e. The first kappa shape index (κ1) is 24.5. The van der Waals surface area contributed by atoms with Crippen molar-refractivity contribution in [3.8, 4) is 0 Å². The Hall–Kier alpha value is -2.50. The molecule has 0 spiro atoms. The molecule has 0 unspecified atom stereocenters.